The van der Waals surface area contributed by atoms with E-state index in [1.54, 1.807) is 6.20 Å². The first kappa shape index (κ1) is 10.5. The molecule has 0 aliphatic carbocycles. The van der Waals surface area contributed by atoms with Crippen molar-refractivity contribution in [3.05, 3.63) is 18.7 Å². The van der Waals surface area contributed by atoms with E-state index in [0.29, 0.717) is 5.92 Å². The molecule has 15 heavy (non-hydrogen) atoms. The summed E-state index contributed by atoms with van der Waals surface area (Å²) in [5.74, 6) is 1.89. The molecule has 1 aliphatic heterocycles. The van der Waals surface area contributed by atoms with Crippen molar-refractivity contribution in [2.24, 2.45) is 10.9 Å². The van der Waals surface area contributed by atoms with Gasteiger partial charge < -0.3 is 9.88 Å². The number of rotatable bonds is 3. The third-order valence-electron chi connectivity index (χ3n) is 2.26. The minimum Gasteiger partial charge on any atom is -0.363 e. The Morgan fingerprint density at radius 3 is 3.27 bits per heavy atom. The summed E-state index contributed by atoms with van der Waals surface area (Å²) in [6.45, 7) is 5.05. The first-order valence-electron chi connectivity index (χ1n) is 5.21. The quantitative estimate of drug-likeness (QED) is 0.839. The molecule has 2 rings (SSSR count). The Morgan fingerprint density at radius 2 is 2.60 bits per heavy atom. The second-order valence-electron chi connectivity index (χ2n) is 3.79. The smallest absolute Gasteiger partial charge is 0.156 e. The number of nitrogens with one attached hydrogen (secondary N) is 1. The van der Waals surface area contributed by atoms with E-state index in [2.05, 4.69) is 26.8 Å². The van der Waals surface area contributed by atoms with Crippen LogP contribution in [0.5, 0.6) is 0 Å². The van der Waals surface area contributed by atoms with E-state index in [4.69, 9.17) is 0 Å². The molecule has 0 radical (unpaired) electrons. The molecule has 1 aromatic rings. The van der Waals surface area contributed by atoms with Gasteiger partial charge in [0.25, 0.3) is 0 Å². The van der Waals surface area contributed by atoms with Gasteiger partial charge in [0.2, 0.25) is 0 Å². The summed E-state index contributed by atoms with van der Waals surface area (Å²) in [6.07, 6.45) is 5.60. The van der Waals surface area contributed by atoms with Gasteiger partial charge in [-0.05, 0) is 5.92 Å². The van der Waals surface area contributed by atoms with E-state index < -0.39 is 0 Å². The van der Waals surface area contributed by atoms with Gasteiger partial charge in [-0.15, -0.1) is 0 Å². The summed E-state index contributed by atoms with van der Waals surface area (Å²) in [5.41, 5.74) is 0. The zero-order valence-corrected chi connectivity index (χ0v) is 9.70. The molecule has 0 saturated heterocycles. The molecular formula is C10H16N4S. The summed E-state index contributed by atoms with van der Waals surface area (Å²) in [4.78, 5) is 8.47. The van der Waals surface area contributed by atoms with Crippen LogP contribution in [0.4, 0.5) is 0 Å². The molecule has 82 valence electrons. The molecule has 2 heterocycles. The largest absolute Gasteiger partial charge is 0.363 e. The normalized spacial score (nSPS) is 21.1. The molecule has 0 bridgehead atoms. The van der Waals surface area contributed by atoms with Crippen LogP contribution in [0.1, 0.15) is 6.92 Å². The number of hydrogen-bond donors (Lipinski definition) is 1. The maximum absolute atomic E-state index is 4.47. The SMILES string of the molecule is CC1CN=C(NCCn2ccnc2)SC1. The fourth-order valence-corrected chi connectivity index (χ4v) is 2.29. The van der Waals surface area contributed by atoms with Crippen molar-refractivity contribution < 1.29 is 0 Å². The Bertz CT molecular complexity index is 320. The van der Waals surface area contributed by atoms with Crippen molar-refractivity contribution in [2.75, 3.05) is 18.8 Å². The zero-order chi connectivity index (χ0) is 10.5. The number of imidazole rings is 1. The van der Waals surface area contributed by atoms with E-state index in [1.165, 1.54) is 5.75 Å². The molecule has 0 amide bonds. The van der Waals surface area contributed by atoms with Gasteiger partial charge in [0.05, 0.1) is 6.33 Å². The molecule has 4 nitrogen and oxygen atoms in total. The van der Waals surface area contributed by atoms with Crippen LogP contribution in [-0.2, 0) is 6.54 Å². The highest BCUT2D eigenvalue weighted by Gasteiger charge is 2.10. The molecule has 1 aliphatic rings. The number of amidine groups is 1. The Kier molecular flexibility index (Phi) is 3.66. The lowest BCUT2D eigenvalue weighted by molar-refractivity contribution is 0.654. The molecule has 0 fully saturated rings. The summed E-state index contributed by atoms with van der Waals surface area (Å²) in [6, 6.07) is 0. The van der Waals surface area contributed by atoms with Crippen molar-refractivity contribution in [3.63, 3.8) is 0 Å². The summed E-state index contributed by atoms with van der Waals surface area (Å²) in [5, 5.41) is 4.44. The van der Waals surface area contributed by atoms with E-state index >= 15 is 0 Å². The lowest BCUT2D eigenvalue weighted by Crippen LogP contribution is -2.28. The van der Waals surface area contributed by atoms with Gasteiger partial charge in [-0.1, -0.05) is 18.7 Å². The van der Waals surface area contributed by atoms with Crippen LogP contribution in [0.2, 0.25) is 0 Å². The van der Waals surface area contributed by atoms with Gasteiger partial charge in [0.15, 0.2) is 5.17 Å². The maximum Gasteiger partial charge on any atom is 0.156 e. The predicted molar refractivity (Wildman–Crippen MR) is 64.2 cm³/mol. The van der Waals surface area contributed by atoms with Crippen LogP contribution in [-0.4, -0.2) is 33.6 Å². The first-order valence-corrected chi connectivity index (χ1v) is 6.20. The Labute approximate surface area is 94.2 Å². The lowest BCUT2D eigenvalue weighted by atomic mass is 10.2. The van der Waals surface area contributed by atoms with Crippen LogP contribution in [0.15, 0.2) is 23.7 Å². The standard InChI is InChI=1S/C10H16N4S/c1-9-6-13-10(15-7-9)12-3-5-14-4-2-11-8-14/h2,4,8-9H,3,5-7H2,1H3,(H,12,13). The van der Waals surface area contributed by atoms with Crippen molar-refractivity contribution in [3.8, 4) is 0 Å². The highest BCUT2D eigenvalue weighted by Crippen LogP contribution is 2.15. The first-order chi connectivity index (χ1) is 7.34. The number of thioether (sulfide) groups is 1. The third kappa shape index (κ3) is 3.27. The molecule has 1 unspecified atom stereocenters. The highest BCUT2D eigenvalue weighted by atomic mass is 32.2. The Morgan fingerprint density at radius 1 is 1.67 bits per heavy atom. The Hall–Kier alpha value is -0.970. The van der Waals surface area contributed by atoms with Gasteiger partial charge in [0.1, 0.15) is 0 Å². The van der Waals surface area contributed by atoms with Crippen molar-refractivity contribution in [2.45, 2.75) is 13.5 Å². The second kappa shape index (κ2) is 5.21. The lowest BCUT2D eigenvalue weighted by Gasteiger charge is -2.17. The molecule has 1 N–H and O–H groups in total. The van der Waals surface area contributed by atoms with Crippen molar-refractivity contribution in [1.29, 1.82) is 0 Å². The van der Waals surface area contributed by atoms with E-state index in [-0.39, 0.29) is 0 Å². The number of aromatic nitrogens is 2. The van der Waals surface area contributed by atoms with Gasteiger partial charge in [-0.25, -0.2) is 4.98 Å². The van der Waals surface area contributed by atoms with Crippen molar-refractivity contribution in [1.82, 2.24) is 14.9 Å². The van der Waals surface area contributed by atoms with Gasteiger partial charge >= 0.3 is 0 Å². The van der Waals surface area contributed by atoms with Crippen LogP contribution < -0.4 is 5.32 Å². The summed E-state index contributed by atoms with van der Waals surface area (Å²) in [7, 11) is 0. The average Bonchev–Trinajstić information content (AvgIpc) is 2.74. The summed E-state index contributed by atoms with van der Waals surface area (Å²) >= 11 is 1.82. The average molecular weight is 224 g/mol. The molecule has 0 aromatic carbocycles. The zero-order valence-electron chi connectivity index (χ0n) is 8.89. The molecule has 5 heteroatoms. The van der Waals surface area contributed by atoms with Crippen LogP contribution in [0.3, 0.4) is 0 Å². The second-order valence-corrected chi connectivity index (χ2v) is 4.80. The van der Waals surface area contributed by atoms with Crippen LogP contribution in [0, 0.1) is 5.92 Å². The van der Waals surface area contributed by atoms with Crippen molar-refractivity contribution >= 4 is 16.9 Å². The third-order valence-corrected chi connectivity index (χ3v) is 3.54. The predicted octanol–water partition coefficient (Wildman–Crippen LogP) is 1.21. The monoisotopic (exact) mass is 224 g/mol. The minimum atomic E-state index is 0.717. The van der Waals surface area contributed by atoms with Gasteiger partial charge in [0, 0.05) is 37.8 Å². The van der Waals surface area contributed by atoms with Crippen LogP contribution in [0.25, 0.3) is 0 Å². The Balaban J connectivity index is 1.70. The fourth-order valence-electron chi connectivity index (χ4n) is 1.38. The number of aliphatic imine (C=N–C) groups is 1. The van der Waals surface area contributed by atoms with E-state index in [9.17, 15) is 0 Å². The highest BCUT2D eigenvalue weighted by molar-refractivity contribution is 8.13. The molecule has 1 atom stereocenters. The van der Waals surface area contributed by atoms with Gasteiger partial charge in [-0.3, -0.25) is 4.99 Å². The molecular weight excluding hydrogens is 208 g/mol. The fraction of sp³-hybridized carbons (Fsp3) is 0.600. The maximum atomic E-state index is 4.47. The number of nitrogens with zero attached hydrogens (tertiary/aromatic N) is 3. The van der Waals surface area contributed by atoms with E-state index in [1.807, 2.05) is 24.3 Å². The van der Waals surface area contributed by atoms with Gasteiger partial charge in [-0.2, -0.15) is 0 Å². The molecule has 1 aromatic heterocycles. The minimum absolute atomic E-state index is 0.717. The van der Waals surface area contributed by atoms with E-state index in [0.717, 1.165) is 24.8 Å². The molecule has 0 saturated carbocycles. The van der Waals surface area contributed by atoms with Crippen LogP contribution >= 0.6 is 11.8 Å². The number of hydrogen-bond acceptors (Lipinski definition) is 4. The molecule has 0 spiro atoms. The topological polar surface area (TPSA) is 42.2 Å². The summed E-state index contributed by atoms with van der Waals surface area (Å²) < 4.78 is 2.06.